The van der Waals surface area contributed by atoms with Crippen molar-refractivity contribution in [2.45, 2.75) is 0 Å². The van der Waals surface area contributed by atoms with Crippen LogP contribution in [0, 0.1) is 0 Å². The Morgan fingerprint density at radius 1 is 1.00 bits per heavy atom. The maximum atomic E-state index is 6.05. The van der Waals surface area contributed by atoms with Crippen molar-refractivity contribution in [3.05, 3.63) is 43.0 Å². The second kappa shape index (κ2) is 3.28. The number of nitrogens with zero attached hydrogens (tertiary/aromatic N) is 1. The number of para-hydroxylation sites is 1. The molecule has 4 N–H and O–H groups in total. The molecule has 3 nitrogen and oxygen atoms in total. The molecule has 0 radical (unpaired) electrons. The summed E-state index contributed by atoms with van der Waals surface area (Å²) in [4.78, 5) is 0. The smallest absolute Gasteiger partial charge is 0.0766 e. The van der Waals surface area contributed by atoms with Crippen molar-refractivity contribution in [3.63, 3.8) is 0 Å². The van der Waals surface area contributed by atoms with Gasteiger partial charge in [0.2, 0.25) is 0 Å². The Hall–Kier alpha value is -2.42. The van der Waals surface area contributed by atoms with Crippen LogP contribution in [0.5, 0.6) is 0 Å². The van der Waals surface area contributed by atoms with Gasteiger partial charge in [-0.25, -0.2) is 0 Å². The molecule has 0 amide bonds. The van der Waals surface area contributed by atoms with Crippen molar-refractivity contribution in [2.75, 3.05) is 11.5 Å². The third-order valence-electron chi connectivity index (χ3n) is 3.09. The van der Waals surface area contributed by atoms with Gasteiger partial charge in [-0.05, 0) is 18.2 Å². The fourth-order valence-electron chi connectivity index (χ4n) is 2.39. The summed E-state index contributed by atoms with van der Waals surface area (Å²) in [5, 5.41) is 2.10. The molecule has 3 heteroatoms. The van der Waals surface area contributed by atoms with Crippen LogP contribution in [-0.4, -0.2) is 4.57 Å². The molecular weight excluding hydrogens is 210 g/mol. The van der Waals surface area contributed by atoms with Gasteiger partial charge in [0.25, 0.3) is 0 Å². The summed E-state index contributed by atoms with van der Waals surface area (Å²) in [5.74, 6) is 0. The normalized spacial score (nSPS) is 11.1. The SMILES string of the molecule is C=Cn1c2cccc(N)c2c2cccc(N)c21. The lowest BCUT2D eigenvalue weighted by Crippen LogP contribution is -1.91. The number of aromatic nitrogens is 1. The number of hydrogen-bond donors (Lipinski definition) is 2. The highest BCUT2D eigenvalue weighted by atomic mass is 15.0. The van der Waals surface area contributed by atoms with Crippen LogP contribution >= 0.6 is 0 Å². The fourth-order valence-corrected chi connectivity index (χ4v) is 2.39. The van der Waals surface area contributed by atoms with Crippen LogP contribution < -0.4 is 11.5 Å². The molecule has 0 saturated carbocycles. The van der Waals surface area contributed by atoms with E-state index in [1.165, 1.54) is 0 Å². The lowest BCUT2D eigenvalue weighted by atomic mass is 10.1. The first-order chi connectivity index (χ1) is 8.24. The first-order valence-electron chi connectivity index (χ1n) is 5.43. The van der Waals surface area contributed by atoms with E-state index >= 15 is 0 Å². The molecule has 0 fully saturated rings. The van der Waals surface area contributed by atoms with Crippen LogP contribution in [0.2, 0.25) is 0 Å². The average Bonchev–Trinajstić information content (AvgIpc) is 2.65. The van der Waals surface area contributed by atoms with Gasteiger partial charge in [-0.3, -0.25) is 0 Å². The second-order valence-corrected chi connectivity index (χ2v) is 4.04. The molecule has 0 saturated heterocycles. The molecule has 1 aromatic heterocycles. The molecule has 0 bridgehead atoms. The van der Waals surface area contributed by atoms with Crippen molar-refractivity contribution in [1.82, 2.24) is 4.57 Å². The Labute approximate surface area is 98.9 Å². The summed E-state index contributed by atoms with van der Waals surface area (Å²) < 4.78 is 1.98. The summed E-state index contributed by atoms with van der Waals surface area (Å²) in [6.45, 7) is 3.84. The van der Waals surface area contributed by atoms with E-state index in [-0.39, 0.29) is 0 Å². The maximum Gasteiger partial charge on any atom is 0.0766 e. The van der Waals surface area contributed by atoms with Gasteiger partial charge >= 0.3 is 0 Å². The molecule has 84 valence electrons. The number of rotatable bonds is 1. The zero-order chi connectivity index (χ0) is 12.0. The topological polar surface area (TPSA) is 57.0 Å². The molecule has 3 rings (SSSR count). The number of hydrogen-bond acceptors (Lipinski definition) is 2. The molecule has 0 aliphatic heterocycles. The van der Waals surface area contributed by atoms with Crippen LogP contribution in [0.1, 0.15) is 0 Å². The number of anilines is 2. The summed E-state index contributed by atoms with van der Waals surface area (Å²) in [7, 11) is 0. The van der Waals surface area contributed by atoms with Crippen molar-refractivity contribution in [3.8, 4) is 0 Å². The largest absolute Gasteiger partial charge is 0.398 e. The number of nitrogen functional groups attached to an aromatic ring is 2. The van der Waals surface area contributed by atoms with Gasteiger partial charge in [0.15, 0.2) is 0 Å². The fraction of sp³-hybridized carbons (Fsp3) is 0. The standard InChI is InChI=1S/C14H13N3/c1-2-17-12-8-4-6-10(15)13(12)9-5-3-7-11(16)14(9)17/h2-8H,1,15-16H2. The molecular formula is C14H13N3. The highest BCUT2D eigenvalue weighted by Crippen LogP contribution is 2.35. The Kier molecular flexibility index (Phi) is 1.89. The molecule has 0 unspecified atom stereocenters. The van der Waals surface area contributed by atoms with Gasteiger partial charge in [-0.15, -0.1) is 0 Å². The molecule has 0 aliphatic rings. The zero-order valence-electron chi connectivity index (χ0n) is 9.35. The maximum absolute atomic E-state index is 6.05. The van der Waals surface area contributed by atoms with Gasteiger partial charge in [0.05, 0.1) is 16.7 Å². The van der Waals surface area contributed by atoms with Gasteiger partial charge in [0, 0.05) is 22.7 Å². The van der Waals surface area contributed by atoms with Crippen LogP contribution in [0.25, 0.3) is 28.0 Å². The van der Waals surface area contributed by atoms with Gasteiger partial charge in [-0.1, -0.05) is 24.8 Å². The Bertz CT molecular complexity index is 738. The number of nitrogens with two attached hydrogens (primary N) is 2. The highest BCUT2D eigenvalue weighted by molar-refractivity contribution is 6.17. The van der Waals surface area contributed by atoms with Gasteiger partial charge in [0.1, 0.15) is 0 Å². The van der Waals surface area contributed by atoms with Gasteiger partial charge < -0.3 is 16.0 Å². The Balaban J connectivity index is 2.72. The van der Waals surface area contributed by atoms with Crippen LogP contribution in [-0.2, 0) is 0 Å². The molecule has 2 aromatic carbocycles. The first-order valence-corrected chi connectivity index (χ1v) is 5.43. The summed E-state index contributed by atoms with van der Waals surface area (Å²) in [5.41, 5.74) is 15.6. The molecule has 0 spiro atoms. The zero-order valence-corrected chi connectivity index (χ0v) is 9.35. The number of fused-ring (bicyclic) bond motifs is 3. The summed E-state index contributed by atoms with van der Waals surface area (Å²) >= 11 is 0. The van der Waals surface area contributed by atoms with Crippen LogP contribution in [0.4, 0.5) is 11.4 Å². The second-order valence-electron chi connectivity index (χ2n) is 4.04. The van der Waals surface area contributed by atoms with E-state index in [9.17, 15) is 0 Å². The minimum atomic E-state index is 0.734. The van der Waals surface area contributed by atoms with E-state index in [4.69, 9.17) is 11.5 Å². The molecule has 0 atom stereocenters. The van der Waals surface area contributed by atoms with Crippen molar-refractivity contribution in [2.24, 2.45) is 0 Å². The van der Waals surface area contributed by atoms with E-state index in [1.54, 1.807) is 6.20 Å². The summed E-state index contributed by atoms with van der Waals surface area (Å²) in [6, 6.07) is 11.7. The predicted octanol–water partition coefficient (Wildman–Crippen LogP) is 3.06. The lowest BCUT2D eigenvalue weighted by molar-refractivity contribution is 1.30. The molecule has 0 aliphatic carbocycles. The molecule has 3 aromatic rings. The number of benzene rings is 2. The van der Waals surface area contributed by atoms with Gasteiger partial charge in [-0.2, -0.15) is 0 Å². The average molecular weight is 223 g/mol. The predicted molar refractivity (Wildman–Crippen MR) is 74.7 cm³/mol. The Morgan fingerprint density at radius 3 is 2.47 bits per heavy atom. The third kappa shape index (κ3) is 1.16. The monoisotopic (exact) mass is 223 g/mol. The minimum Gasteiger partial charge on any atom is -0.398 e. The van der Waals surface area contributed by atoms with Crippen LogP contribution in [0.3, 0.4) is 0 Å². The van der Waals surface area contributed by atoms with Crippen molar-refractivity contribution >= 4 is 39.4 Å². The third-order valence-corrected chi connectivity index (χ3v) is 3.09. The van der Waals surface area contributed by atoms with E-state index in [2.05, 4.69) is 6.58 Å². The van der Waals surface area contributed by atoms with E-state index < -0.39 is 0 Å². The molecule has 17 heavy (non-hydrogen) atoms. The van der Waals surface area contributed by atoms with Crippen molar-refractivity contribution in [1.29, 1.82) is 0 Å². The quantitative estimate of drug-likeness (QED) is 0.623. The Morgan fingerprint density at radius 2 is 1.71 bits per heavy atom. The summed E-state index contributed by atoms with van der Waals surface area (Å²) in [6.07, 6.45) is 1.76. The highest BCUT2D eigenvalue weighted by Gasteiger charge is 2.12. The van der Waals surface area contributed by atoms with E-state index in [1.807, 2.05) is 41.0 Å². The molecule has 1 heterocycles. The van der Waals surface area contributed by atoms with E-state index in [0.717, 1.165) is 33.2 Å². The minimum absolute atomic E-state index is 0.734. The first kappa shape index (κ1) is 9.78. The lowest BCUT2D eigenvalue weighted by Gasteiger charge is -2.01. The van der Waals surface area contributed by atoms with Crippen molar-refractivity contribution < 1.29 is 0 Å². The van der Waals surface area contributed by atoms with Crippen LogP contribution in [0.15, 0.2) is 43.0 Å². The van der Waals surface area contributed by atoms with E-state index in [0.29, 0.717) is 0 Å².